The van der Waals surface area contributed by atoms with E-state index < -0.39 is 0 Å². The maximum atomic E-state index is 3.42. The van der Waals surface area contributed by atoms with Gasteiger partial charge in [-0.05, 0) is 61.6 Å². The molecule has 2 aromatic rings. The Bertz CT molecular complexity index is 611. The maximum absolute atomic E-state index is 3.42. The average Bonchev–Trinajstić information content (AvgIpc) is 2.94. The SMILES string of the molecule is CC(C)CCCN(CCc1c[nH]c2ccccc12)CC(C)CC(C)C. The summed E-state index contributed by atoms with van der Waals surface area (Å²) >= 11 is 0. The van der Waals surface area contributed by atoms with Gasteiger partial charge in [0.1, 0.15) is 0 Å². The van der Waals surface area contributed by atoms with Gasteiger partial charge in [-0.3, -0.25) is 0 Å². The molecule has 1 N–H and O–H groups in total. The van der Waals surface area contributed by atoms with Gasteiger partial charge in [0.2, 0.25) is 0 Å². The molecule has 2 rings (SSSR count). The molecular formula is C23H38N2. The molecule has 2 nitrogen and oxygen atoms in total. The number of aromatic nitrogens is 1. The molecule has 0 fully saturated rings. The topological polar surface area (TPSA) is 19.0 Å². The molecule has 1 aromatic heterocycles. The fraction of sp³-hybridized carbons (Fsp3) is 0.652. The minimum absolute atomic E-state index is 0.780. The van der Waals surface area contributed by atoms with Crippen LogP contribution in [0, 0.1) is 17.8 Å². The Morgan fingerprint density at radius 2 is 1.72 bits per heavy atom. The zero-order valence-electron chi connectivity index (χ0n) is 17.0. The van der Waals surface area contributed by atoms with Crippen LogP contribution in [-0.4, -0.2) is 29.5 Å². The number of benzene rings is 1. The Balaban J connectivity index is 1.93. The lowest BCUT2D eigenvalue weighted by Gasteiger charge is -2.27. The first-order valence-electron chi connectivity index (χ1n) is 10.2. The van der Waals surface area contributed by atoms with Crippen molar-refractivity contribution < 1.29 is 0 Å². The summed E-state index contributed by atoms with van der Waals surface area (Å²) < 4.78 is 0. The summed E-state index contributed by atoms with van der Waals surface area (Å²) in [6, 6.07) is 8.66. The van der Waals surface area contributed by atoms with Gasteiger partial charge in [0.15, 0.2) is 0 Å². The lowest BCUT2D eigenvalue weighted by Crippen LogP contribution is -2.32. The quantitative estimate of drug-likeness (QED) is 0.520. The molecule has 0 spiro atoms. The van der Waals surface area contributed by atoms with Crippen LogP contribution < -0.4 is 0 Å². The Morgan fingerprint density at radius 3 is 2.44 bits per heavy atom. The molecule has 0 amide bonds. The van der Waals surface area contributed by atoms with Gasteiger partial charge in [0.05, 0.1) is 0 Å². The van der Waals surface area contributed by atoms with E-state index >= 15 is 0 Å². The minimum atomic E-state index is 0.780. The highest BCUT2D eigenvalue weighted by Crippen LogP contribution is 2.19. The molecule has 0 saturated carbocycles. The molecule has 0 aliphatic carbocycles. The van der Waals surface area contributed by atoms with E-state index in [0.29, 0.717) is 0 Å². The van der Waals surface area contributed by atoms with Gasteiger partial charge < -0.3 is 9.88 Å². The number of hydrogen-bond donors (Lipinski definition) is 1. The van der Waals surface area contributed by atoms with Crippen LogP contribution >= 0.6 is 0 Å². The number of H-pyrrole nitrogens is 1. The second kappa shape index (κ2) is 10.0. The van der Waals surface area contributed by atoms with Crippen molar-refractivity contribution >= 4 is 10.9 Å². The average molecular weight is 343 g/mol. The highest BCUT2D eigenvalue weighted by molar-refractivity contribution is 5.83. The molecule has 0 saturated heterocycles. The molecule has 25 heavy (non-hydrogen) atoms. The van der Waals surface area contributed by atoms with Gasteiger partial charge in [-0.2, -0.15) is 0 Å². The van der Waals surface area contributed by atoms with Gasteiger partial charge >= 0.3 is 0 Å². The summed E-state index contributed by atoms with van der Waals surface area (Å²) in [6.07, 6.45) is 7.32. The second-order valence-electron chi connectivity index (χ2n) is 8.68. The third kappa shape index (κ3) is 6.86. The van der Waals surface area contributed by atoms with Crippen molar-refractivity contribution in [3.8, 4) is 0 Å². The molecule has 0 aliphatic heterocycles. The third-order valence-electron chi connectivity index (χ3n) is 5.07. The fourth-order valence-corrected chi connectivity index (χ4v) is 3.95. The molecule has 0 aliphatic rings. The fourth-order valence-electron chi connectivity index (χ4n) is 3.95. The van der Waals surface area contributed by atoms with Crippen LogP contribution in [0.25, 0.3) is 10.9 Å². The predicted octanol–water partition coefficient (Wildman–Crippen LogP) is 6.13. The Hall–Kier alpha value is -1.28. The number of nitrogens with zero attached hydrogens (tertiary/aromatic N) is 1. The van der Waals surface area contributed by atoms with E-state index in [1.807, 2.05) is 0 Å². The van der Waals surface area contributed by atoms with E-state index in [0.717, 1.165) is 24.2 Å². The van der Waals surface area contributed by atoms with Crippen molar-refractivity contribution in [1.29, 1.82) is 0 Å². The van der Waals surface area contributed by atoms with Crippen LogP contribution in [0.5, 0.6) is 0 Å². The van der Waals surface area contributed by atoms with Crippen molar-refractivity contribution in [2.24, 2.45) is 17.8 Å². The molecule has 2 heteroatoms. The Labute approximate surface area is 155 Å². The number of fused-ring (bicyclic) bond motifs is 1. The van der Waals surface area contributed by atoms with Gasteiger partial charge in [0.25, 0.3) is 0 Å². The van der Waals surface area contributed by atoms with E-state index in [1.165, 1.54) is 55.4 Å². The normalized spacial score (nSPS) is 13.4. The van der Waals surface area contributed by atoms with Crippen LogP contribution in [0.15, 0.2) is 30.5 Å². The number of nitrogens with one attached hydrogen (secondary N) is 1. The van der Waals surface area contributed by atoms with Crippen molar-refractivity contribution in [3.63, 3.8) is 0 Å². The lowest BCUT2D eigenvalue weighted by atomic mass is 9.98. The maximum Gasteiger partial charge on any atom is 0.0456 e. The van der Waals surface area contributed by atoms with Crippen molar-refractivity contribution in [2.75, 3.05) is 19.6 Å². The molecule has 1 aromatic carbocycles. The molecule has 1 heterocycles. The van der Waals surface area contributed by atoms with E-state index in [9.17, 15) is 0 Å². The van der Waals surface area contributed by atoms with E-state index in [4.69, 9.17) is 0 Å². The predicted molar refractivity (Wildman–Crippen MR) is 111 cm³/mol. The summed E-state index contributed by atoms with van der Waals surface area (Å²) in [5.41, 5.74) is 2.72. The Kier molecular flexibility index (Phi) is 8.02. The smallest absolute Gasteiger partial charge is 0.0456 e. The van der Waals surface area contributed by atoms with Gasteiger partial charge in [-0.25, -0.2) is 0 Å². The highest BCUT2D eigenvalue weighted by Gasteiger charge is 2.13. The van der Waals surface area contributed by atoms with Crippen LogP contribution in [-0.2, 0) is 6.42 Å². The number of rotatable bonds is 11. The van der Waals surface area contributed by atoms with Crippen molar-refractivity contribution in [2.45, 2.75) is 60.3 Å². The number of hydrogen-bond acceptors (Lipinski definition) is 1. The molecule has 1 unspecified atom stereocenters. The first-order chi connectivity index (χ1) is 12.0. The minimum Gasteiger partial charge on any atom is -0.361 e. The highest BCUT2D eigenvalue weighted by atomic mass is 15.1. The second-order valence-corrected chi connectivity index (χ2v) is 8.68. The van der Waals surface area contributed by atoms with E-state index in [1.54, 1.807) is 0 Å². The van der Waals surface area contributed by atoms with Gasteiger partial charge in [-0.1, -0.05) is 52.8 Å². The van der Waals surface area contributed by atoms with Gasteiger partial charge in [-0.15, -0.1) is 0 Å². The summed E-state index contributed by atoms with van der Waals surface area (Å²) in [6.45, 7) is 15.4. The van der Waals surface area contributed by atoms with Crippen LogP contribution in [0.4, 0.5) is 0 Å². The monoisotopic (exact) mass is 342 g/mol. The molecule has 0 bridgehead atoms. The van der Waals surface area contributed by atoms with E-state index in [-0.39, 0.29) is 0 Å². The summed E-state index contributed by atoms with van der Waals surface area (Å²) in [7, 11) is 0. The molecule has 140 valence electrons. The first kappa shape index (κ1) is 20.0. The number of para-hydroxylation sites is 1. The molecular weight excluding hydrogens is 304 g/mol. The number of aromatic amines is 1. The van der Waals surface area contributed by atoms with Crippen LogP contribution in [0.1, 0.15) is 59.4 Å². The Morgan fingerprint density at radius 1 is 0.960 bits per heavy atom. The summed E-state index contributed by atoms with van der Waals surface area (Å²) in [5.74, 6) is 2.38. The standard InChI is InChI=1S/C23H38N2/c1-18(2)9-8-13-25(17-20(5)15-19(3)4)14-12-21-16-24-23-11-7-6-10-22(21)23/h6-7,10-11,16,18-20,24H,8-9,12-15,17H2,1-5H3. The van der Waals surface area contributed by atoms with Crippen LogP contribution in [0.2, 0.25) is 0 Å². The first-order valence-corrected chi connectivity index (χ1v) is 10.2. The lowest BCUT2D eigenvalue weighted by molar-refractivity contribution is 0.218. The zero-order chi connectivity index (χ0) is 18.2. The summed E-state index contributed by atoms with van der Waals surface area (Å²) in [4.78, 5) is 6.12. The van der Waals surface area contributed by atoms with E-state index in [2.05, 4.69) is 75.0 Å². The molecule has 0 radical (unpaired) electrons. The van der Waals surface area contributed by atoms with Crippen molar-refractivity contribution in [3.05, 3.63) is 36.0 Å². The zero-order valence-corrected chi connectivity index (χ0v) is 17.0. The molecule has 1 atom stereocenters. The van der Waals surface area contributed by atoms with Crippen molar-refractivity contribution in [1.82, 2.24) is 9.88 Å². The third-order valence-corrected chi connectivity index (χ3v) is 5.07. The largest absolute Gasteiger partial charge is 0.361 e. The van der Waals surface area contributed by atoms with Gasteiger partial charge in [0, 0.05) is 30.2 Å². The summed E-state index contributed by atoms with van der Waals surface area (Å²) in [5, 5.41) is 1.39. The van der Waals surface area contributed by atoms with Crippen LogP contribution in [0.3, 0.4) is 0 Å².